The highest BCUT2D eigenvalue weighted by Crippen LogP contribution is 2.25. The molecule has 0 bridgehead atoms. The van der Waals surface area contributed by atoms with E-state index in [0.29, 0.717) is 18.9 Å². The van der Waals surface area contributed by atoms with Gasteiger partial charge in [0.15, 0.2) is 0 Å². The van der Waals surface area contributed by atoms with Crippen LogP contribution in [0.25, 0.3) is 0 Å². The second-order valence-corrected chi connectivity index (χ2v) is 4.89. The van der Waals surface area contributed by atoms with Gasteiger partial charge in [-0.05, 0) is 12.0 Å². The number of hydrogen-bond donors (Lipinski definition) is 0. The normalized spacial score (nSPS) is 14.8. The highest BCUT2D eigenvalue weighted by atomic mass is 16.5. The number of carbonyl (C=O) groups is 1. The van der Waals surface area contributed by atoms with Crippen molar-refractivity contribution in [2.75, 3.05) is 11.4 Å². The van der Waals surface area contributed by atoms with Crippen molar-refractivity contribution in [3.8, 4) is 5.88 Å². The highest BCUT2D eigenvalue weighted by molar-refractivity contribution is 5.94. The van der Waals surface area contributed by atoms with Gasteiger partial charge >= 0.3 is 0 Å². The molecule has 1 aromatic carbocycles. The van der Waals surface area contributed by atoms with E-state index in [1.165, 1.54) is 0 Å². The fourth-order valence-electron chi connectivity index (χ4n) is 2.38. The zero-order chi connectivity index (χ0) is 13.9. The van der Waals surface area contributed by atoms with Crippen LogP contribution in [0.4, 0.5) is 5.82 Å². The Morgan fingerprint density at radius 2 is 2.10 bits per heavy atom. The first-order valence-corrected chi connectivity index (χ1v) is 6.75. The van der Waals surface area contributed by atoms with Gasteiger partial charge in [-0.2, -0.15) is 0 Å². The van der Waals surface area contributed by atoms with E-state index < -0.39 is 0 Å². The Bertz CT molecular complexity index is 607. The molecule has 0 saturated carbocycles. The SMILES string of the molecule is Cn1nc(OCc2ccccc2)cc1N1CCCC1=O. The van der Waals surface area contributed by atoms with Gasteiger partial charge in [-0.1, -0.05) is 30.3 Å². The van der Waals surface area contributed by atoms with Gasteiger partial charge in [-0.15, -0.1) is 5.10 Å². The molecule has 0 atom stereocenters. The van der Waals surface area contributed by atoms with E-state index in [1.807, 2.05) is 43.4 Å². The fourth-order valence-corrected chi connectivity index (χ4v) is 2.38. The van der Waals surface area contributed by atoms with Crippen LogP contribution in [-0.2, 0) is 18.4 Å². The average Bonchev–Trinajstić information content (AvgIpc) is 3.03. The minimum Gasteiger partial charge on any atom is -0.472 e. The number of nitrogens with zero attached hydrogens (tertiary/aromatic N) is 3. The summed E-state index contributed by atoms with van der Waals surface area (Å²) in [4.78, 5) is 13.5. The second kappa shape index (κ2) is 5.36. The third-order valence-electron chi connectivity index (χ3n) is 3.41. The van der Waals surface area contributed by atoms with Crippen LogP contribution in [0, 0.1) is 0 Å². The van der Waals surface area contributed by atoms with E-state index in [4.69, 9.17) is 4.74 Å². The Hall–Kier alpha value is -2.30. The number of hydrogen-bond acceptors (Lipinski definition) is 3. The van der Waals surface area contributed by atoms with Gasteiger partial charge in [-0.25, -0.2) is 4.68 Å². The van der Waals surface area contributed by atoms with Crippen LogP contribution < -0.4 is 9.64 Å². The first kappa shape index (κ1) is 12.7. The lowest BCUT2D eigenvalue weighted by molar-refractivity contribution is -0.117. The quantitative estimate of drug-likeness (QED) is 0.855. The van der Waals surface area contributed by atoms with Crippen LogP contribution >= 0.6 is 0 Å². The standard InChI is InChI=1S/C15H17N3O2/c1-17-14(18-9-5-8-15(18)19)10-13(16-17)20-11-12-6-3-2-4-7-12/h2-4,6-7,10H,5,8-9,11H2,1H3. The Kier molecular flexibility index (Phi) is 3.41. The zero-order valence-electron chi connectivity index (χ0n) is 11.5. The zero-order valence-corrected chi connectivity index (χ0v) is 11.5. The van der Waals surface area contributed by atoms with Gasteiger partial charge in [0, 0.05) is 26.1 Å². The number of aromatic nitrogens is 2. The molecular weight excluding hydrogens is 254 g/mol. The molecule has 1 saturated heterocycles. The van der Waals surface area contributed by atoms with Gasteiger partial charge in [0.2, 0.25) is 11.8 Å². The van der Waals surface area contributed by atoms with Crippen LogP contribution in [0.15, 0.2) is 36.4 Å². The molecule has 5 heteroatoms. The molecule has 1 fully saturated rings. The molecule has 0 radical (unpaired) electrons. The summed E-state index contributed by atoms with van der Waals surface area (Å²) >= 11 is 0. The molecule has 1 aliphatic heterocycles. The molecule has 0 spiro atoms. The minimum atomic E-state index is 0.155. The Morgan fingerprint density at radius 1 is 1.30 bits per heavy atom. The highest BCUT2D eigenvalue weighted by Gasteiger charge is 2.25. The lowest BCUT2D eigenvalue weighted by Gasteiger charge is -2.14. The van der Waals surface area contributed by atoms with Crippen molar-refractivity contribution in [2.45, 2.75) is 19.4 Å². The summed E-state index contributed by atoms with van der Waals surface area (Å²) in [6.45, 7) is 1.24. The number of rotatable bonds is 4. The topological polar surface area (TPSA) is 47.4 Å². The van der Waals surface area contributed by atoms with Crippen molar-refractivity contribution in [1.82, 2.24) is 9.78 Å². The molecule has 1 aromatic heterocycles. The van der Waals surface area contributed by atoms with Crippen molar-refractivity contribution in [1.29, 1.82) is 0 Å². The van der Waals surface area contributed by atoms with Crippen LogP contribution in [0.2, 0.25) is 0 Å². The number of ether oxygens (including phenoxy) is 1. The Balaban J connectivity index is 1.71. The predicted octanol–water partition coefficient (Wildman–Crippen LogP) is 2.13. The first-order valence-electron chi connectivity index (χ1n) is 6.75. The molecule has 2 aromatic rings. The summed E-state index contributed by atoms with van der Waals surface area (Å²) in [6, 6.07) is 11.8. The maximum atomic E-state index is 11.8. The van der Waals surface area contributed by atoms with E-state index in [2.05, 4.69) is 5.10 Å². The third kappa shape index (κ3) is 2.52. The summed E-state index contributed by atoms with van der Waals surface area (Å²) in [6.07, 6.45) is 1.52. The molecule has 0 unspecified atom stereocenters. The number of benzene rings is 1. The fraction of sp³-hybridized carbons (Fsp3) is 0.333. The summed E-state index contributed by atoms with van der Waals surface area (Å²) in [5.74, 6) is 1.50. The van der Waals surface area contributed by atoms with Crippen LogP contribution in [0.3, 0.4) is 0 Å². The van der Waals surface area contributed by atoms with Crippen LogP contribution in [0.1, 0.15) is 18.4 Å². The van der Waals surface area contributed by atoms with Crippen molar-refractivity contribution < 1.29 is 9.53 Å². The largest absolute Gasteiger partial charge is 0.472 e. The number of aryl methyl sites for hydroxylation is 1. The van der Waals surface area contributed by atoms with Gasteiger partial charge < -0.3 is 4.74 Å². The van der Waals surface area contributed by atoms with Crippen LogP contribution in [0.5, 0.6) is 5.88 Å². The first-order chi connectivity index (χ1) is 9.74. The molecule has 20 heavy (non-hydrogen) atoms. The predicted molar refractivity (Wildman–Crippen MR) is 75.6 cm³/mol. The van der Waals surface area contributed by atoms with E-state index in [0.717, 1.165) is 24.3 Å². The molecule has 2 heterocycles. The van der Waals surface area contributed by atoms with Gasteiger partial charge in [0.1, 0.15) is 12.4 Å². The molecule has 1 amide bonds. The molecular formula is C15H17N3O2. The average molecular weight is 271 g/mol. The molecule has 3 rings (SSSR count). The molecule has 5 nitrogen and oxygen atoms in total. The Morgan fingerprint density at radius 3 is 2.80 bits per heavy atom. The van der Waals surface area contributed by atoms with Crippen molar-refractivity contribution in [3.63, 3.8) is 0 Å². The summed E-state index contributed by atoms with van der Waals surface area (Å²) < 4.78 is 7.38. The number of anilines is 1. The number of amides is 1. The molecule has 0 aliphatic carbocycles. The van der Waals surface area contributed by atoms with E-state index in [1.54, 1.807) is 9.58 Å². The summed E-state index contributed by atoms with van der Waals surface area (Å²) in [7, 11) is 1.83. The summed E-state index contributed by atoms with van der Waals surface area (Å²) in [5, 5.41) is 4.31. The van der Waals surface area contributed by atoms with E-state index in [9.17, 15) is 4.79 Å². The minimum absolute atomic E-state index is 0.155. The number of carbonyl (C=O) groups excluding carboxylic acids is 1. The van der Waals surface area contributed by atoms with Crippen LogP contribution in [-0.4, -0.2) is 22.2 Å². The smallest absolute Gasteiger partial charge is 0.235 e. The second-order valence-electron chi connectivity index (χ2n) is 4.89. The van der Waals surface area contributed by atoms with Gasteiger partial charge in [0.25, 0.3) is 0 Å². The van der Waals surface area contributed by atoms with Gasteiger partial charge in [-0.3, -0.25) is 9.69 Å². The lowest BCUT2D eigenvalue weighted by Crippen LogP contribution is -2.25. The van der Waals surface area contributed by atoms with Crippen molar-refractivity contribution in [3.05, 3.63) is 42.0 Å². The third-order valence-corrected chi connectivity index (χ3v) is 3.41. The molecule has 104 valence electrons. The van der Waals surface area contributed by atoms with E-state index >= 15 is 0 Å². The maximum absolute atomic E-state index is 11.8. The van der Waals surface area contributed by atoms with Crippen molar-refractivity contribution in [2.24, 2.45) is 7.05 Å². The maximum Gasteiger partial charge on any atom is 0.235 e. The lowest BCUT2D eigenvalue weighted by atomic mass is 10.2. The molecule has 0 N–H and O–H groups in total. The van der Waals surface area contributed by atoms with E-state index in [-0.39, 0.29) is 5.91 Å². The van der Waals surface area contributed by atoms with Gasteiger partial charge in [0.05, 0.1) is 0 Å². The monoisotopic (exact) mass is 271 g/mol. The molecule has 1 aliphatic rings. The Labute approximate surface area is 117 Å². The summed E-state index contributed by atoms with van der Waals surface area (Å²) in [5.41, 5.74) is 1.09. The van der Waals surface area contributed by atoms with Crippen molar-refractivity contribution >= 4 is 11.7 Å².